The van der Waals surface area contributed by atoms with E-state index >= 15 is 0 Å². The Morgan fingerprint density at radius 2 is 1.90 bits per heavy atom. The average molecular weight is 342 g/mol. The highest BCUT2D eigenvalue weighted by Crippen LogP contribution is 2.28. The van der Waals surface area contributed by atoms with E-state index in [2.05, 4.69) is 15.9 Å². The topological polar surface area (TPSA) is 52.3 Å². The molecule has 0 saturated heterocycles. The Labute approximate surface area is 122 Å². The van der Waals surface area contributed by atoms with Crippen LogP contribution in [0.4, 0.5) is 14.5 Å². The lowest BCUT2D eigenvalue weighted by Crippen LogP contribution is -2.06. The molecule has 104 valence electrons. The van der Waals surface area contributed by atoms with Gasteiger partial charge in [-0.05, 0) is 40.2 Å². The third-order valence-corrected chi connectivity index (χ3v) is 3.35. The zero-order valence-electron chi connectivity index (χ0n) is 10.4. The van der Waals surface area contributed by atoms with Crippen molar-refractivity contribution in [2.75, 3.05) is 12.8 Å². The maximum absolute atomic E-state index is 13.4. The number of rotatable bonds is 3. The Bertz CT molecular complexity index is 689. The first-order valence-electron chi connectivity index (χ1n) is 5.56. The van der Waals surface area contributed by atoms with Crippen LogP contribution >= 0.6 is 15.9 Å². The van der Waals surface area contributed by atoms with Gasteiger partial charge in [0.15, 0.2) is 5.78 Å². The summed E-state index contributed by atoms with van der Waals surface area (Å²) < 4.78 is 31.7. The number of anilines is 1. The van der Waals surface area contributed by atoms with Crippen molar-refractivity contribution in [1.29, 1.82) is 0 Å². The van der Waals surface area contributed by atoms with Crippen LogP contribution in [0.3, 0.4) is 0 Å². The summed E-state index contributed by atoms with van der Waals surface area (Å²) >= 11 is 3.01. The fourth-order valence-electron chi connectivity index (χ4n) is 1.72. The van der Waals surface area contributed by atoms with E-state index in [1.165, 1.54) is 25.3 Å². The number of hydrogen-bond donors (Lipinski definition) is 1. The van der Waals surface area contributed by atoms with E-state index in [4.69, 9.17) is 10.5 Å². The van der Waals surface area contributed by atoms with Gasteiger partial charge in [0.2, 0.25) is 0 Å². The molecular weight excluding hydrogens is 332 g/mol. The molecule has 0 radical (unpaired) electrons. The molecule has 0 atom stereocenters. The molecule has 0 aliphatic rings. The second-order valence-corrected chi connectivity index (χ2v) is 4.89. The van der Waals surface area contributed by atoms with Crippen molar-refractivity contribution in [3.8, 4) is 5.75 Å². The normalized spacial score (nSPS) is 10.4. The zero-order chi connectivity index (χ0) is 14.9. The van der Waals surface area contributed by atoms with Gasteiger partial charge >= 0.3 is 0 Å². The Morgan fingerprint density at radius 3 is 2.50 bits per heavy atom. The van der Waals surface area contributed by atoms with E-state index in [0.29, 0.717) is 0 Å². The lowest BCUT2D eigenvalue weighted by atomic mass is 10.0. The minimum absolute atomic E-state index is 0.0959. The number of ether oxygens (including phenoxy) is 1. The van der Waals surface area contributed by atoms with Gasteiger partial charge in [0.25, 0.3) is 0 Å². The third-order valence-electron chi connectivity index (χ3n) is 2.75. The summed E-state index contributed by atoms with van der Waals surface area (Å²) in [6.45, 7) is 0. The molecule has 0 amide bonds. The molecule has 0 aliphatic carbocycles. The molecule has 6 heteroatoms. The molecule has 0 aromatic heterocycles. The van der Waals surface area contributed by atoms with E-state index in [-0.39, 0.29) is 27.0 Å². The average Bonchev–Trinajstić information content (AvgIpc) is 2.43. The second-order valence-electron chi connectivity index (χ2n) is 4.03. The number of carbonyl (C=O) groups excluding carboxylic acids is 1. The lowest BCUT2D eigenvalue weighted by molar-refractivity contribution is 0.103. The fraction of sp³-hybridized carbons (Fsp3) is 0.0714. The monoisotopic (exact) mass is 341 g/mol. The summed E-state index contributed by atoms with van der Waals surface area (Å²) in [6, 6.07) is 6.06. The number of carbonyl (C=O) groups is 1. The van der Waals surface area contributed by atoms with Gasteiger partial charge in [-0.2, -0.15) is 0 Å². The van der Waals surface area contributed by atoms with Crippen molar-refractivity contribution in [3.05, 3.63) is 57.6 Å². The Hall–Kier alpha value is -1.95. The Balaban J connectivity index is 2.52. The van der Waals surface area contributed by atoms with E-state index in [0.717, 1.165) is 12.1 Å². The third kappa shape index (κ3) is 2.65. The summed E-state index contributed by atoms with van der Waals surface area (Å²) in [5.74, 6) is -1.49. The first kappa shape index (κ1) is 14.5. The predicted molar refractivity (Wildman–Crippen MR) is 74.9 cm³/mol. The van der Waals surface area contributed by atoms with E-state index in [9.17, 15) is 13.6 Å². The minimum atomic E-state index is -0.603. The standard InChI is InChI=1S/C14H10BrF2NO2/c1-20-13-6-11(17)9(15)5-8(13)14(19)7-2-3-10(16)12(18)4-7/h2-6H,18H2,1H3. The summed E-state index contributed by atoms with van der Waals surface area (Å²) in [5, 5.41) is 0. The van der Waals surface area contributed by atoms with Crippen LogP contribution in [0.2, 0.25) is 0 Å². The van der Waals surface area contributed by atoms with Crippen molar-refractivity contribution in [1.82, 2.24) is 0 Å². The Kier molecular flexibility index (Phi) is 4.04. The highest BCUT2D eigenvalue weighted by Gasteiger charge is 2.18. The molecule has 0 fully saturated rings. The molecule has 2 N–H and O–H groups in total. The summed E-state index contributed by atoms with van der Waals surface area (Å²) in [4.78, 5) is 12.4. The SMILES string of the molecule is COc1cc(F)c(Br)cc1C(=O)c1ccc(F)c(N)c1. The molecule has 0 spiro atoms. The van der Waals surface area contributed by atoms with Crippen molar-refractivity contribution < 1.29 is 18.3 Å². The quantitative estimate of drug-likeness (QED) is 0.686. The van der Waals surface area contributed by atoms with Crippen LogP contribution in [0.15, 0.2) is 34.8 Å². The molecule has 20 heavy (non-hydrogen) atoms. The van der Waals surface area contributed by atoms with Gasteiger partial charge in [-0.25, -0.2) is 8.78 Å². The highest BCUT2D eigenvalue weighted by molar-refractivity contribution is 9.10. The number of ketones is 1. The first-order valence-corrected chi connectivity index (χ1v) is 6.36. The van der Waals surface area contributed by atoms with Gasteiger partial charge in [0, 0.05) is 11.6 Å². The smallest absolute Gasteiger partial charge is 0.196 e. The largest absolute Gasteiger partial charge is 0.496 e. The van der Waals surface area contributed by atoms with Crippen molar-refractivity contribution >= 4 is 27.4 Å². The van der Waals surface area contributed by atoms with Gasteiger partial charge in [0.1, 0.15) is 17.4 Å². The van der Waals surface area contributed by atoms with Gasteiger partial charge in [-0.3, -0.25) is 4.79 Å². The van der Waals surface area contributed by atoms with E-state index < -0.39 is 17.4 Å². The first-order chi connectivity index (χ1) is 9.43. The van der Waals surface area contributed by atoms with Crippen LogP contribution in [-0.2, 0) is 0 Å². The van der Waals surface area contributed by atoms with Gasteiger partial charge in [0.05, 0.1) is 22.8 Å². The van der Waals surface area contributed by atoms with Crippen molar-refractivity contribution in [3.63, 3.8) is 0 Å². The fourth-order valence-corrected chi connectivity index (χ4v) is 2.06. The zero-order valence-corrected chi connectivity index (χ0v) is 12.0. The van der Waals surface area contributed by atoms with Crippen molar-refractivity contribution in [2.24, 2.45) is 0 Å². The molecule has 0 bridgehead atoms. The maximum Gasteiger partial charge on any atom is 0.196 e. The van der Waals surface area contributed by atoms with Crippen LogP contribution in [0.5, 0.6) is 5.75 Å². The minimum Gasteiger partial charge on any atom is -0.496 e. The van der Waals surface area contributed by atoms with Crippen molar-refractivity contribution in [2.45, 2.75) is 0 Å². The number of nitrogen functional groups attached to an aromatic ring is 1. The maximum atomic E-state index is 13.4. The molecule has 3 nitrogen and oxygen atoms in total. The van der Waals surface area contributed by atoms with Crippen LogP contribution in [0.1, 0.15) is 15.9 Å². The molecule has 2 aromatic carbocycles. The van der Waals surface area contributed by atoms with Crippen LogP contribution in [0.25, 0.3) is 0 Å². The van der Waals surface area contributed by atoms with Crippen LogP contribution in [-0.4, -0.2) is 12.9 Å². The number of hydrogen-bond acceptors (Lipinski definition) is 3. The van der Waals surface area contributed by atoms with Gasteiger partial charge in [-0.1, -0.05) is 0 Å². The highest BCUT2D eigenvalue weighted by atomic mass is 79.9. The summed E-state index contributed by atoms with van der Waals surface area (Å²) in [6.07, 6.45) is 0. The second kappa shape index (κ2) is 5.58. The predicted octanol–water partition coefficient (Wildman–Crippen LogP) is 3.55. The summed E-state index contributed by atoms with van der Waals surface area (Å²) in [5.41, 5.74) is 5.66. The molecule has 0 heterocycles. The van der Waals surface area contributed by atoms with Crippen LogP contribution < -0.4 is 10.5 Å². The van der Waals surface area contributed by atoms with Crippen LogP contribution in [0, 0.1) is 11.6 Å². The number of halogens is 3. The van der Waals surface area contributed by atoms with E-state index in [1.807, 2.05) is 0 Å². The summed E-state index contributed by atoms with van der Waals surface area (Å²) in [7, 11) is 1.33. The molecule has 2 rings (SSSR count). The van der Waals surface area contributed by atoms with E-state index in [1.54, 1.807) is 0 Å². The Morgan fingerprint density at radius 1 is 1.20 bits per heavy atom. The molecule has 0 saturated carbocycles. The number of nitrogens with two attached hydrogens (primary N) is 1. The lowest BCUT2D eigenvalue weighted by Gasteiger charge is -2.09. The molecule has 0 unspecified atom stereocenters. The molecule has 0 aliphatic heterocycles. The number of benzene rings is 2. The molecule has 2 aromatic rings. The molecular formula is C14H10BrF2NO2. The number of methoxy groups -OCH3 is 1. The van der Waals surface area contributed by atoms with Gasteiger partial charge < -0.3 is 10.5 Å². The van der Waals surface area contributed by atoms with Gasteiger partial charge in [-0.15, -0.1) is 0 Å².